The number of anilines is 1. The number of carbonyl (C=O) groups excluding carboxylic acids is 1. The van der Waals surface area contributed by atoms with Gasteiger partial charge in [0, 0.05) is 6.20 Å². The number of aryl methyl sites for hydroxylation is 1. The van der Waals surface area contributed by atoms with Crippen LogP contribution in [0.25, 0.3) is 0 Å². The molecular formula is C17H16ClFN6O3. The van der Waals surface area contributed by atoms with Crippen molar-refractivity contribution in [2.45, 2.75) is 26.4 Å². The number of rotatable bonds is 6. The number of halogens is 2. The monoisotopic (exact) mass is 406 g/mol. The highest BCUT2D eigenvalue weighted by molar-refractivity contribution is 6.33. The number of nitrogens with one attached hydrogen (secondary N) is 1. The molecule has 28 heavy (non-hydrogen) atoms. The molecule has 0 bridgehead atoms. The molecule has 146 valence electrons. The normalized spacial score (nSPS) is 12.0. The summed E-state index contributed by atoms with van der Waals surface area (Å²) in [5.41, 5.74) is 1.29. The van der Waals surface area contributed by atoms with Crippen LogP contribution in [0, 0.1) is 22.9 Å². The minimum Gasteiger partial charge on any atom is -0.358 e. The van der Waals surface area contributed by atoms with Crippen molar-refractivity contribution in [2.75, 3.05) is 5.32 Å². The number of nitro groups is 1. The van der Waals surface area contributed by atoms with Crippen LogP contribution in [-0.4, -0.2) is 30.4 Å². The summed E-state index contributed by atoms with van der Waals surface area (Å²) >= 11 is 6.14. The van der Waals surface area contributed by atoms with Crippen molar-refractivity contribution in [1.29, 1.82) is 0 Å². The molecule has 0 fully saturated rings. The minimum atomic E-state index is -0.813. The zero-order chi connectivity index (χ0) is 20.4. The number of carbonyl (C=O) groups is 1. The maximum absolute atomic E-state index is 13.0. The quantitative estimate of drug-likeness (QED) is 0.499. The van der Waals surface area contributed by atoms with Crippen molar-refractivity contribution >= 4 is 29.1 Å². The van der Waals surface area contributed by atoms with E-state index in [1.165, 1.54) is 33.8 Å². The average molecular weight is 407 g/mol. The van der Waals surface area contributed by atoms with Crippen LogP contribution in [0.1, 0.15) is 24.2 Å². The Labute approximate surface area is 163 Å². The van der Waals surface area contributed by atoms with Gasteiger partial charge in [-0.15, -0.1) is 0 Å². The Bertz CT molecular complexity index is 1030. The number of hydrogen-bond acceptors (Lipinski definition) is 5. The average Bonchev–Trinajstić information content (AvgIpc) is 3.19. The Balaban J connectivity index is 1.72. The fourth-order valence-electron chi connectivity index (χ4n) is 2.62. The van der Waals surface area contributed by atoms with Crippen LogP contribution in [0.3, 0.4) is 0 Å². The molecule has 11 heteroatoms. The number of nitrogens with zero attached hydrogens (tertiary/aromatic N) is 5. The van der Waals surface area contributed by atoms with Gasteiger partial charge in [0.2, 0.25) is 0 Å². The first-order valence-electron chi connectivity index (χ1n) is 8.23. The van der Waals surface area contributed by atoms with Gasteiger partial charge in [-0.25, -0.2) is 4.39 Å². The number of hydrogen-bond donors (Lipinski definition) is 1. The summed E-state index contributed by atoms with van der Waals surface area (Å²) in [6.45, 7) is 3.52. The molecule has 9 nitrogen and oxygen atoms in total. The van der Waals surface area contributed by atoms with Crippen LogP contribution in [0.4, 0.5) is 16.0 Å². The van der Waals surface area contributed by atoms with Gasteiger partial charge in [0.25, 0.3) is 5.91 Å². The SMILES string of the molecule is Cc1cc([N+](=O)[O-])nn1C(C)C(=O)Nc1nn(Cc2ccc(F)cc2)cc1Cl. The molecule has 2 heterocycles. The molecule has 1 unspecified atom stereocenters. The first-order chi connectivity index (χ1) is 13.2. The van der Waals surface area contributed by atoms with Gasteiger partial charge in [-0.05, 0) is 36.5 Å². The summed E-state index contributed by atoms with van der Waals surface area (Å²) < 4.78 is 15.8. The maximum Gasteiger partial charge on any atom is 0.390 e. The molecule has 1 amide bonds. The minimum absolute atomic E-state index is 0.153. The van der Waals surface area contributed by atoms with Crippen LogP contribution < -0.4 is 5.32 Å². The molecule has 1 N–H and O–H groups in total. The first kappa shape index (κ1) is 19.5. The van der Waals surface area contributed by atoms with Crippen molar-refractivity contribution in [3.05, 3.63) is 68.7 Å². The molecule has 0 saturated heterocycles. The molecule has 0 aliphatic rings. The van der Waals surface area contributed by atoms with Gasteiger partial charge < -0.3 is 15.4 Å². The molecule has 0 saturated carbocycles. The summed E-state index contributed by atoms with van der Waals surface area (Å²) in [7, 11) is 0. The van der Waals surface area contributed by atoms with E-state index >= 15 is 0 Å². The first-order valence-corrected chi connectivity index (χ1v) is 8.61. The zero-order valence-corrected chi connectivity index (χ0v) is 15.7. The van der Waals surface area contributed by atoms with E-state index in [0.29, 0.717) is 12.2 Å². The van der Waals surface area contributed by atoms with Crippen LogP contribution in [-0.2, 0) is 11.3 Å². The molecule has 2 aromatic heterocycles. The lowest BCUT2D eigenvalue weighted by atomic mass is 10.2. The largest absolute Gasteiger partial charge is 0.390 e. The van der Waals surface area contributed by atoms with E-state index in [-0.39, 0.29) is 22.5 Å². The van der Waals surface area contributed by atoms with E-state index in [9.17, 15) is 19.3 Å². The molecule has 3 rings (SSSR count). The van der Waals surface area contributed by atoms with Crippen LogP contribution in [0.15, 0.2) is 36.5 Å². The van der Waals surface area contributed by atoms with Gasteiger partial charge >= 0.3 is 5.82 Å². The van der Waals surface area contributed by atoms with Crippen molar-refractivity contribution in [3.8, 4) is 0 Å². The van der Waals surface area contributed by atoms with Gasteiger partial charge in [-0.3, -0.25) is 9.48 Å². The summed E-state index contributed by atoms with van der Waals surface area (Å²) in [4.78, 5) is 22.7. The van der Waals surface area contributed by atoms with Gasteiger partial charge in [-0.2, -0.15) is 9.78 Å². The van der Waals surface area contributed by atoms with E-state index in [0.717, 1.165) is 5.56 Å². The fraction of sp³-hybridized carbons (Fsp3) is 0.235. The predicted molar refractivity (Wildman–Crippen MR) is 99.7 cm³/mol. The lowest BCUT2D eigenvalue weighted by molar-refractivity contribution is -0.389. The zero-order valence-electron chi connectivity index (χ0n) is 15.0. The van der Waals surface area contributed by atoms with Crippen molar-refractivity contribution in [1.82, 2.24) is 19.6 Å². The second-order valence-electron chi connectivity index (χ2n) is 6.16. The van der Waals surface area contributed by atoms with Gasteiger partial charge in [0.05, 0.1) is 23.4 Å². The highest BCUT2D eigenvalue weighted by atomic mass is 35.5. The Kier molecular flexibility index (Phi) is 5.41. The third-order valence-electron chi connectivity index (χ3n) is 4.06. The van der Waals surface area contributed by atoms with Crippen LogP contribution >= 0.6 is 11.6 Å². The predicted octanol–water partition coefficient (Wildman–Crippen LogP) is 3.34. The molecule has 0 spiro atoms. The Morgan fingerprint density at radius 2 is 2.04 bits per heavy atom. The van der Waals surface area contributed by atoms with E-state index in [2.05, 4.69) is 15.5 Å². The van der Waals surface area contributed by atoms with Gasteiger partial charge in [0.15, 0.2) is 5.82 Å². The molecular weight excluding hydrogens is 391 g/mol. The van der Waals surface area contributed by atoms with Gasteiger partial charge in [-0.1, -0.05) is 23.7 Å². The van der Waals surface area contributed by atoms with E-state index in [4.69, 9.17) is 11.6 Å². The summed E-state index contributed by atoms with van der Waals surface area (Å²) in [5.74, 6) is -0.993. The molecule has 0 aliphatic heterocycles. The second-order valence-corrected chi connectivity index (χ2v) is 6.57. The molecule has 0 radical (unpaired) electrons. The second kappa shape index (κ2) is 7.77. The van der Waals surface area contributed by atoms with Crippen LogP contribution in [0.2, 0.25) is 5.02 Å². The Morgan fingerprint density at radius 1 is 1.36 bits per heavy atom. The summed E-state index contributed by atoms with van der Waals surface area (Å²) in [6.07, 6.45) is 1.54. The third kappa shape index (κ3) is 4.17. The number of benzene rings is 1. The Morgan fingerprint density at radius 3 is 2.64 bits per heavy atom. The van der Waals surface area contributed by atoms with Crippen molar-refractivity contribution in [3.63, 3.8) is 0 Å². The van der Waals surface area contributed by atoms with Gasteiger partial charge in [0.1, 0.15) is 16.9 Å². The van der Waals surface area contributed by atoms with E-state index in [1.807, 2.05) is 0 Å². The highest BCUT2D eigenvalue weighted by Gasteiger charge is 2.25. The van der Waals surface area contributed by atoms with Crippen molar-refractivity contribution in [2.24, 2.45) is 0 Å². The van der Waals surface area contributed by atoms with Crippen molar-refractivity contribution < 1.29 is 14.1 Å². The highest BCUT2D eigenvalue weighted by Crippen LogP contribution is 2.22. The standard InChI is InChI=1S/C17H16ClFN6O3/c1-10-7-15(25(27)28)21-24(10)11(2)17(26)20-16-14(18)9-23(22-16)8-12-3-5-13(19)6-4-12/h3-7,9,11H,8H2,1-2H3,(H,20,22,26). The van der Waals surface area contributed by atoms with E-state index in [1.54, 1.807) is 26.0 Å². The Hall–Kier alpha value is -3.27. The fourth-order valence-corrected chi connectivity index (χ4v) is 2.82. The summed E-state index contributed by atoms with van der Waals surface area (Å²) in [5, 5.41) is 21.7. The lowest BCUT2D eigenvalue weighted by Gasteiger charge is -2.10. The smallest absolute Gasteiger partial charge is 0.358 e. The molecule has 1 atom stereocenters. The lowest BCUT2D eigenvalue weighted by Crippen LogP contribution is -2.25. The third-order valence-corrected chi connectivity index (χ3v) is 4.34. The molecule has 0 aliphatic carbocycles. The maximum atomic E-state index is 13.0. The summed E-state index contributed by atoms with van der Waals surface area (Å²) in [6, 6.07) is 6.41. The van der Waals surface area contributed by atoms with E-state index < -0.39 is 16.9 Å². The molecule has 3 aromatic rings. The molecule has 1 aromatic carbocycles. The number of aromatic nitrogens is 4. The number of amides is 1. The topological polar surface area (TPSA) is 108 Å². The van der Waals surface area contributed by atoms with Crippen LogP contribution in [0.5, 0.6) is 0 Å².